The van der Waals surface area contributed by atoms with Crippen LogP contribution in [0, 0.1) is 0 Å². The van der Waals surface area contributed by atoms with E-state index >= 15 is 0 Å². The third-order valence-corrected chi connectivity index (χ3v) is 7.71. The average Bonchev–Trinajstić information content (AvgIpc) is 3.07. The molecule has 1 N–H and O–H groups in total. The van der Waals surface area contributed by atoms with Gasteiger partial charge in [0, 0.05) is 36.2 Å². The SMILES string of the molecule is COc1ncc(-c2cnc(N(C(=O)COc3ccccc3)C3CCC(Nc4ncc(C(F)(F)F)c(OC5COC5)n4)CC3)cn2)cn1. The number of methoxy groups -OCH3 is 1. The highest BCUT2D eigenvalue weighted by Gasteiger charge is 2.38. The minimum absolute atomic E-state index is 0.0323. The van der Waals surface area contributed by atoms with Crippen molar-refractivity contribution in [2.75, 3.05) is 37.1 Å². The number of nitrogens with one attached hydrogen (secondary N) is 1. The van der Waals surface area contributed by atoms with Crippen LogP contribution in [0.3, 0.4) is 0 Å². The van der Waals surface area contributed by atoms with Crippen molar-refractivity contribution in [3.63, 3.8) is 0 Å². The van der Waals surface area contributed by atoms with Gasteiger partial charge in [0.15, 0.2) is 12.4 Å². The van der Waals surface area contributed by atoms with Crippen LogP contribution in [0.1, 0.15) is 31.2 Å². The minimum atomic E-state index is -4.67. The smallest absolute Gasteiger partial charge is 0.423 e. The summed E-state index contributed by atoms with van der Waals surface area (Å²) in [5.41, 5.74) is 0.0981. The van der Waals surface area contributed by atoms with Crippen molar-refractivity contribution >= 4 is 17.7 Å². The average molecular weight is 653 g/mol. The molecule has 4 aromatic rings. The fraction of sp³-hybridized carbons (Fsp3) is 0.387. The maximum Gasteiger partial charge on any atom is 0.423 e. The molecule has 2 fully saturated rings. The van der Waals surface area contributed by atoms with Crippen LogP contribution >= 0.6 is 0 Å². The molecule has 6 rings (SSSR count). The number of ether oxygens (including phenoxy) is 4. The van der Waals surface area contributed by atoms with E-state index in [1.165, 1.54) is 13.3 Å². The first-order valence-corrected chi connectivity index (χ1v) is 14.9. The molecular formula is C31H31F3N8O5. The highest BCUT2D eigenvalue weighted by molar-refractivity contribution is 5.94. The summed E-state index contributed by atoms with van der Waals surface area (Å²) in [5.74, 6) is 0.113. The molecule has 0 spiro atoms. The van der Waals surface area contributed by atoms with Gasteiger partial charge in [0.2, 0.25) is 11.8 Å². The van der Waals surface area contributed by atoms with Gasteiger partial charge in [0.1, 0.15) is 17.4 Å². The lowest BCUT2D eigenvalue weighted by molar-refractivity contribution is -0.142. The molecule has 0 atom stereocenters. The molecule has 1 aromatic carbocycles. The topological polar surface area (TPSA) is 147 Å². The lowest BCUT2D eigenvalue weighted by Crippen LogP contribution is -2.46. The Bertz CT molecular complexity index is 1640. The lowest BCUT2D eigenvalue weighted by atomic mass is 9.90. The quantitative estimate of drug-likeness (QED) is 0.246. The number of hydrogen-bond donors (Lipinski definition) is 1. The zero-order chi connectivity index (χ0) is 32.8. The Morgan fingerprint density at radius 3 is 2.32 bits per heavy atom. The van der Waals surface area contributed by atoms with Crippen molar-refractivity contribution in [2.45, 2.75) is 50.0 Å². The van der Waals surface area contributed by atoms with Gasteiger partial charge in [-0.2, -0.15) is 18.2 Å². The van der Waals surface area contributed by atoms with E-state index in [4.69, 9.17) is 18.9 Å². The molecule has 47 heavy (non-hydrogen) atoms. The van der Waals surface area contributed by atoms with Crippen molar-refractivity contribution in [3.05, 3.63) is 66.9 Å². The third-order valence-electron chi connectivity index (χ3n) is 7.71. The summed E-state index contributed by atoms with van der Waals surface area (Å²) in [4.78, 5) is 40.5. The Balaban J connectivity index is 1.15. The molecule has 16 heteroatoms. The van der Waals surface area contributed by atoms with Crippen LogP contribution in [0.15, 0.2) is 61.3 Å². The third kappa shape index (κ3) is 7.82. The number of carbonyl (C=O) groups is 1. The number of anilines is 2. The number of alkyl halides is 3. The zero-order valence-corrected chi connectivity index (χ0v) is 25.3. The van der Waals surface area contributed by atoms with Crippen molar-refractivity contribution in [1.29, 1.82) is 0 Å². The number of carbonyl (C=O) groups excluding carboxylic acids is 1. The Labute approximate surface area is 267 Å². The fourth-order valence-corrected chi connectivity index (χ4v) is 5.22. The molecule has 13 nitrogen and oxygen atoms in total. The van der Waals surface area contributed by atoms with Gasteiger partial charge in [-0.05, 0) is 37.8 Å². The van der Waals surface area contributed by atoms with Crippen LogP contribution in [0.4, 0.5) is 24.9 Å². The molecule has 4 heterocycles. The summed E-state index contributed by atoms with van der Waals surface area (Å²) in [6.07, 6.45) is 4.06. The number of aromatic nitrogens is 6. The van der Waals surface area contributed by atoms with Crippen molar-refractivity contribution in [2.24, 2.45) is 0 Å². The second kappa shape index (κ2) is 14.1. The number of amides is 1. The van der Waals surface area contributed by atoms with Crippen molar-refractivity contribution in [1.82, 2.24) is 29.9 Å². The van der Waals surface area contributed by atoms with Gasteiger partial charge in [-0.3, -0.25) is 14.7 Å². The number of para-hydroxylation sites is 1. The first kappa shape index (κ1) is 31.8. The second-order valence-electron chi connectivity index (χ2n) is 10.9. The number of nitrogens with zero attached hydrogens (tertiary/aromatic N) is 7. The largest absolute Gasteiger partial charge is 0.484 e. The minimum Gasteiger partial charge on any atom is -0.484 e. The van der Waals surface area contributed by atoms with Crippen LogP contribution in [-0.4, -0.2) is 80.9 Å². The Kier molecular flexibility index (Phi) is 9.56. The monoisotopic (exact) mass is 652 g/mol. The Morgan fingerprint density at radius 2 is 1.70 bits per heavy atom. The van der Waals surface area contributed by atoms with Gasteiger partial charge in [0.25, 0.3) is 5.91 Å². The predicted octanol–water partition coefficient (Wildman–Crippen LogP) is 4.36. The van der Waals surface area contributed by atoms with E-state index in [1.54, 1.807) is 35.6 Å². The predicted molar refractivity (Wildman–Crippen MR) is 161 cm³/mol. The summed E-state index contributed by atoms with van der Waals surface area (Å²) in [5, 5.41) is 3.14. The Morgan fingerprint density at radius 1 is 0.957 bits per heavy atom. The number of hydrogen-bond acceptors (Lipinski definition) is 12. The summed E-state index contributed by atoms with van der Waals surface area (Å²) >= 11 is 0. The van der Waals surface area contributed by atoms with E-state index in [1.807, 2.05) is 18.2 Å². The summed E-state index contributed by atoms with van der Waals surface area (Å²) in [6, 6.07) is 8.84. The van der Waals surface area contributed by atoms with Gasteiger partial charge in [-0.1, -0.05) is 18.2 Å². The molecule has 0 unspecified atom stereocenters. The van der Waals surface area contributed by atoms with E-state index in [0.29, 0.717) is 48.5 Å². The van der Waals surface area contributed by atoms with Crippen molar-refractivity contribution < 1.29 is 36.9 Å². The molecule has 1 saturated carbocycles. The van der Waals surface area contributed by atoms with E-state index in [9.17, 15) is 18.0 Å². The molecule has 1 aliphatic heterocycles. The van der Waals surface area contributed by atoms with Crippen molar-refractivity contribution in [3.8, 4) is 28.9 Å². The summed E-state index contributed by atoms with van der Waals surface area (Å²) in [6.45, 7) is 0.178. The molecule has 1 aliphatic carbocycles. The van der Waals surface area contributed by atoms with Gasteiger partial charge >= 0.3 is 12.2 Å². The van der Waals surface area contributed by atoms with Crippen LogP contribution < -0.4 is 24.4 Å². The number of halogens is 3. The first-order chi connectivity index (χ1) is 22.8. The number of benzene rings is 1. The second-order valence-corrected chi connectivity index (χ2v) is 10.9. The van der Waals surface area contributed by atoms with Gasteiger partial charge in [-0.25, -0.2) is 19.9 Å². The Hall–Kier alpha value is -5.12. The van der Waals surface area contributed by atoms with Crippen LogP contribution in [0.2, 0.25) is 0 Å². The van der Waals surface area contributed by atoms with Gasteiger partial charge in [0.05, 0.1) is 38.4 Å². The van der Waals surface area contributed by atoms with Gasteiger partial charge in [-0.15, -0.1) is 0 Å². The zero-order valence-electron chi connectivity index (χ0n) is 25.3. The lowest BCUT2D eigenvalue weighted by Gasteiger charge is -2.36. The highest BCUT2D eigenvalue weighted by atomic mass is 19.4. The van der Waals surface area contributed by atoms with Crippen LogP contribution in [0.25, 0.3) is 11.3 Å². The summed E-state index contributed by atoms with van der Waals surface area (Å²) < 4.78 is 61.9. The van der Waals surface area contributed by atoms with Crippen LogP contribution in [-0.2, 0) is 15.7 Å². The molecule has 3 aromatic heterocycles. The summed E-state index contributed by atoms with van der Waals surface area (Å²) in [7, 11) is 1.47. The molecule has 0 radical (unpaired) electrons. The molecule has 246 valence electrons. The van der Waals surface area contributed by atoms with Crippen LogP contribution in [0.5, 0.6) is 17.6 Å². The fourth-order valence-electron chi connectivity index (χ4n) is 5.22. The molecule has 0 bridgehead atoms. The number of rotatable bonds is 11. The van der Waals surface area contributed by atoms with E-state index < -0.39 is 23.7 Å². The van der Waals surface area contributed by atoms with E-state index in [-0.39, 0.29) is 49.8 Å². The normalized spacial score (nSPS) is 18.1. The van der Waals surface area contributed by atoms with E-state index in [0.717, 1.165) is 6.20 Å². The standard InChI is InChI=1S/C31H31F3N8O5/c1-44-30-38-11-19(12-39-30)25-14-36-26(15-35-25)42(27(43)18-46-22-5-3-2-4-6-22)21-9-7-20(8-10-21)40-29-37-13-24(31(32,33)34)28(41-29)47-23-16-45-17-23/h2-6,11-15,20-21,23H,7-10,16-18H2,1H3,(H,37,40,41). The molecule has 2 aliphatic rings. The van der Waals surface area contributed by atoms with E-state index in [2.05, 4.69) is 35.2 Å². The first-order valence-electron chi connectivity index (χ1n) is 14.9. The van der Waals surface area contributed by atoms with Gasteiger partial charge < -0.3 is 24.3 Å². The maximum absolute atomic E-state index is 13.6. The maximum atomic E-state index is 13.6. The molecule has 1 saturated heterocycles. The molecule has 1 amide bonds. The highest BCUT2D eigenvalue weighted by Crippen LogP contribution is 2.36. The molecular weight excluding hydrogens is 621 g/mol.